The molecule has 0 bridgehead atoms. The quantitative estimate of drug-likeness (QED) is 0.599. The average Bonchev–Trinajstić information content (AvgIpc) is 2.27. The van der Waals surface area contributed by atoms with Gasteiger partial charge in [-0.05, 0) is 0 Å². The van der Waals surface area contributed by atoms with Crippen LogP contribution in [0, 0.1) is 0 Å². The van der Waals surface area contributed by atoms with E-state index in [0.29, 0.717) is 14.4 Å². The Morgan fingerprint density at radius 1 is 0.950 bits per heavy atom. The molecule has 20 heavy (non-hydrogen) atoms. The lowest BCUT2D eigenvalue weighted by Gasteiger charge is -2.30. The fourth-order valence-corrected chi connectivity index (χ4v) is 0.806. The normalized spacial score (nSPS) is 15.2. The summed E-state index contributed by atoms with van der Waals surface area (Å²) in [6, 6.07) is 0. The lowest BCUT2D eigenvalue weighted by atomic mass is 10.3. The van der Waals surface area contributed by atoms with Gasteiger partial charge in [0, 0.05) is 0 Å². The second-order valence-electron chi connectivity index (χ2n) is 2.48. The van der Waals surface area contributed by atoms with Gasteiger partial charge in [-0.1, -0.05) is 0 Å². The van der Waals surface area contributed by atoms with Crippen LogP contribution in [-0.2, 0) is 14.9 Å². The van der Waals surface area contributed by atoms with E-state index in [1.54, 1.807) is 0 Å². The summed E-state index contributed by atoms with van der Waals surface area (Å²) in [7, 11) is -4.28. The van der Waals surface area contributed by atoms with Crippen LogP contribution in [0.5, 0.6) is 0 Å². The SMILES string of the molecule is CF.CF.O=S(=O)(O)COC(F)(C(O)(F)F)C(F)(F)F. The van der Waals surface area contributed by atoms with E-state index >= 15 is 0 Å². The third kappa shape index (κ3) is 7.76. The van der Waals surface area contributed by atoms with Gasteiger partial charge in [0.2, 0.25) is 0 Å². The Balaban J connectivity index is -0.000000656. The van der Waals surface area contributed by atoms with Crippen molar-refractivity contribution in [3.05, 3.63) is 0 Å². The van der Waals surface area contributed by atoms with Gasteiger partial charge in [0.15, 0.2) is 5.94 Å². The Morgan fingerprint density at radius 3 is 1.40 bits per heavy atom. The summed E-state index contributed by atoms with van der Waals surface area (Å²) < 4.78 is 121. The van der Waals surface area contributed by atoms with Crippen LogP contribution in [0.2, 0.25) is 0 Å². The highest BCUT2D eigenvalue weighted by Crippen LogP contribution is 2.44. The molecule has 0 radical (unpaired) electrons. The molecule has 0 saturated heterocycles. The molecule has 1 unspecified atom stereocenters. The maximum atomic E-state index is 12.6. The van der Waals surface area contributed by atoms with Crippen LogP contribution < -0.4 is 0 Å². The van der Waals surface area contributed by atoms with E-state index in [0.717, 1.165) is 0 Å². The summed E-state index contributed by atoms with van der Waals surface area (Å²) in [5.74, 6) is -8.34. The molecule has 0 saturated carbocycles. The largest absolute Gasteiger partial charge is 0.458 e. The number of halogens is 8. The van der Waals surface area contributed by atoms with Crippen LogP contribution in [0.1, 0.15) is 0 Å². The zero-order valence-electron chi connectivity index (χ0n) is 9.76. The lowest BCUT2D eigenvalue weighted by Crippen LogP contribution is -2.57. The van der Waals surface area contributed by atoms with Crippen LogP contribution in [0.4, 0.5) is 35.1 Å². The molecular formula is C6H10F8O5S. The van der Waals surface area contributed by atoms with E-state index in [9.17, 15) is 43.5 Å². The molecule has 0 aromatic carbocycles. The summed E-state index contributed by atoms with van der Waals surface area (Å²) in [4.78, 5) is 0. The van der Waals surface area contributed by atoms with Gasteiger partial charge in [0.25, 0.3) is 10.1 Å². The van der Waals surface area contributed by atoms with E-state index in [1.807, 2.05) is 0 Å². The summed E-state index contributed by atoms with van der Waals surface area (Å²) in [6.45, 7) is 0. The maximum Gasteiger partial charge on any atom is 0.458 e. The smallest absolute Gasteiger partial charge is 0.331 e. The molecule has 126 valence electrons. The fourth-order valence-electron chi connectivity index (χ4n) is 0.495. The van der Waals surface area contributed by atoms with Gasteiger partial charge in [-0.25, -0.2) is 0 Å². The number of hydrogen-bond donors (Lipinski definition) is 2. The first-order valence-electron chi connectivity index (χ1n) is 3.91. The second-order valence-corrected chi connectivity index (χ2v) is 3.88. The molecular weight excluding hydrogens is 336 g/mol. The molecule has 0 aromatic rings. The zero-order chi connectivity index (χ0) is 17.4. The van der Waals surface area contributed by atoms with Crippen molar-refractivity contribution >= 4 is 10.1 Å². The van der Waals surface area contributed by atoms with E-state index in [-0.39, 0.29) is 0 Å². The third-order valence-electron chi connectivity index (χ3n) is 1.16. The van der Waals surface area contributed by atoms with Gasteiger partial charge >= 0.3 is 18.1 Å². The Labute approximate surface area is 107 Å². The van der Waals surface area contributed by atoms with Gasteiger partial charge in [0.05, 0.1) is 14.4 Å². The maximum absolute atomic E-state index is 12.6. The van der Waals surface area contributed by atoms with Crippen LogP contribution in [0.25, 0.3) is 0 Å². The summed E-state index contributed by atoms with van der Waals surface area (Å²) in [6.07, 6.45) is -12.4. The number of rotatable bonds is 4. The highest BCUT2D eigenvalue weighted by atomic mass is 32.2. The molecule has 0 heterocycles. The number of aliphatic hydroxyl groups is 1. The van der Waals surface area contributed by atoms with E-state index < -0.39 is 34.2 Å². The summed E-state index contributed by atoms with van der Waals surface area (Å²) >= 11 is 0. The van der Waals surface area contributed by atoms with Crippen molar-refractivity contribution in [3.63, 3.8) is 0 Å². The van der Waals surface area contributed by atoms with Gasteiger partial charge < -0.3 is 9.84 Å². The number of ether oxygens (including phenoxy) is 1. The molecule has 0 fully saturated rings. The molecule has 1 atom stereocenters. The summed E-state index contributed by atoms with van der Waals surface area (Å²) in [5, 5.41) is 7.64. The van der Waals surface area contributed by atoms with Crippen molar-refractivity contribution in [2.75, 3.05) is 20.3 Å². The van der Waals surface area contributed by atoms with E-state index in [2.05, 4.69) is 4.74 Å². The van der Waals surface area contributed by atoms with Gasteiger partial charge in [-0.2, -0.15) is 34.8 Å². The third-order valence-corrected chi connectivity index (χ3v) is 1.57. The molecule has 5 nitrogen and oxygen atoms in total. The zero-order valence-corrected chi connectivity index (χ0v) is 10.6. The van der Waals surface area contributed by atoms with Crippen molar-refractivity contribution in [1.29, 1.82) is 0 Å². The van der Waals surface area contributed by atoms with Crippen molar-refractivity contribution < 1.29 is 57.9 Å². The first-order valence-corrected chi connectivity index (χ1v) is 5.52. The molecule has 0 aliphatic rings. The number of hydrogen-bond acceptors (Lipinski definition) is 4. The minimum absolute atomic E-state index is 0.500. The molecule has 0 rings (SSSR count). The Morgan fingerprint density at radius 2 is 1.25 bits per heavy atom. The topological polar surface area (TPSA) is 83.8 Å². The Hall–Kier alpha value is -0.730. The van der Waals surface area contributed by atoms with Crippen LogP contribution >= 0.6 is 0 Å². The molecule has 0 spiro atoms. The lowest BCUT2D eigenvalue weighted by molar-refractivity contribution is -0.446. The molecule has 0 aromatic heterocycles. The van der Waals surface area contributed by atoms with E-state index in [4.69, 9.17) is 9.66 Å². The first kappa shape index (κ1) is 24.3. The molecule has 0 aliphatic heterocycles. The molecule has 0 aliphatic carbocycles. The van der Waals surface area contributed by atoms with Gasteiger partial charge in [0.1, 0.15) is 0 Å². The second kappa shape index (κ2) is 8.53. The van der Waals surface area contributed by atoms with Crippen LogP contribution in [0.3, 0.4) is 0 Å². The Bertz CT molecular complexity index is 333. The monoisotopic (exact) mass is 346 g/mol. The van der Waals surface area contributed by atoms with Gasteiger partial charge in [-0.15, -0.1) is 0 Å². The molecule has 14 heteroatoms. The minimum atomic E-state index is -6.41. The Kier molecular flexibility index (Phi) is 10.4. The fraction of sp³-hybridized carbons (Fsp3) is 1.00. The van der Waals surface area contributed by atoms with Crippen molar-refractivity contribution in [2.24, 2.45) is 0 Å². The van der Waals surface area contributed by atoms with Crippen LogP contribution in [0.15, 0.2) is 0 Å². The van der Waals surface area contributed by atoms with Gasteiger partial charge in [-0.3, -0.25) is 13.3 Å². The minimum Gasteiger partial charge on any atom is -0.331 e. The molecule has 0 amide bonds. The van der Waals surface area contributed by atoms with Crippen molar-refractivity contribution in [3.8, 4) is 0 Å². The highest BCUT2D eigenvalue weighted by Gasteiger charge is 2.73. The van der Waals surface area contributed by atoms with Crippen LogP contribution in [-0.4, -0.2) is 56.5 Å². The highest BCUT2D eigenvalue weighted by molar-refractivity contribution is 7.85. The molecule has 2 N–H and O–H groups in total. The van der Waals surface area contributed by atoms with Crippen molar-refractivity contribution in [2.45, 2.75) is 18.1 Å². The van der Waals surface area contributed by atoms with E-state index in [1.165, 1.54) is 0 Å². The predicted octanol–water partition coefficient (Wildman–Crippen LogP) is 1.83. The number of alkyl halides is 8. The standard InChI is InChI=1S/C4H4F6O5S.2CH3F/c5-2(3(6,7)8,4(9,10)11)15-1-16(12,13)14;2*1-2/h11H,1H2,(H,12,13,14);2*1H3. The van der Waals surface area contributed by atoms with Crippen molar-refractivity contribution in [1.82, 2.24) is 0 Å². The summed E-state index contributed by atoms with van der Waals surface area (Å²) in [5.41, 5.74) is 0. The average molecular weight is 346 g/mol. The predicted molar refractivity (Wildman–Crippen MR) is 48.6 cm³/mol. The first-order chi connectivity index (χ1) is 8.71.